The largest absolute Gasteiger partial charge is 0.306 e. The molecule has 2 atom stereocenters. The number of rotatable bonds is 3. The Bertz CT molecular complexity index is 484. The van der Waals surface area contributed by atoms with Gasteiger partial charge in [-0.25, -0.2) is 12.8 Å². The summed E-state index contributed by atoms with van der Waals surface area (Å²) in [6, 6.07) is 6.32. The van der Waals surface area contributed by atoms with E-state index in [1.165, 1.54) is 12.1 Å². The van der Waals surface area contributed by atoms with Crippen LogP contribution in [-0.2, 0) is 9.84 Å². The monoisotopic (exact) mass is 257 g/mol. The van der Waals surface area contributed by atoms with Crippen LogP contribution >= 0.6 is 0 Å². The van der Waals surface area contributed by atoms with E-state index in [2.05, 4.69) is 5.32 Å². The fourth-order valence-corrected chi connectivity index (χ4v) is 3.81. The average Bonchev–Trinajstić information content (AvgIpc) is 2.59. The minimum absolute atomic E-state index is 0.0139. The second-order valence-corrected chi connectivity index (χ2v) is 6.77. The van der Waals surface area contributed by atoms with Gasteiger partial charge < -0.3 is 5.32 Å². The van der Waals surface area contributed by atoms with E-state index in [-0.39, 0.29) is 29.4 Å². The van der Waals surface area contributed by atoms with Gasteiger partial charge >= 0.3 is 0 Å². The molecule has 0 aromatic heterocycles. The molecule has 3 nitrogen and oxygen atoms in total. The van der Waals surface area contributed by atoms with Crippen LogP contribution in [0, 0.1) is 5.82 Å². The Labute approximate surface area is 101 Å². The topological polar surface area (TPSA) is 46.2 Å². The van der Waals surface area contributed by atoms with Gasteiger partial charge in [0.15, 0.2) is 9.84 Å². The van der Waals surface area contributed by atoms with Crippen LogP contribution < -0.4 is 5.32 Å². The summed E-state index contributed by atoms with van der Waals surface area (Å²) in [5.41, 5.74) is 0.968. The van der Waals surface area contributed by atoms with E-state index < -0.39 is 9.84 Å². The van der Waals surface area contributed by atoms with Gasteiger partial charge in [-0.1, -0.05) is 12.1 Å². The third-order valence-corrected chi connectivity index (χ3v) is 4.86. The molecular formula is C12H16FNO2S. The summed E-state index contributed by atoms with van der Waals surface area (Å²) in [6.45, 7) is 1.96. The van der Waals surface area contributed by atoms with Gasteiger partial charge in [0.1, 0.15) is 5.82 Å². The first-order valence-electron chi connectivity index (χ1n) is 5.68. The summed E-state index contributed by atoms with van der Waals surface area (Å²) in [5.74, 6) is 0.212. The first-order valence-corrected chi connectivity index (χ1v) is 7.50. The SMILES string of the molecule is C[C@@H](NC1CCS(=O)(=O)C1)c1ccc(F)cc1. The number of hydrogen-bond acceptors (Lipinski definition) is 3. The predicted octanol–water partition coefficient (Wildman–Crippen LogP) is 1.66. The number of benzene rings is 1. The third-order valence-electron chi connectivity index (χ3n) is 3.09. The number of nitrogens with one attached hydrogen (secondary N) is 1. The van der Waals surface area contributed by atoms with E-state index in [4.69, 9.17) is 0 Å². The van der Waals surface area contributed by atoms with Crippen molar-refractivity contribution in [2.45, 2.75) is 25.4 Å². The van der Waals surface area contributed by atoms with Gasteiger partial charge in [-0.2, -0.15) is 0 Å². The van der Waals surface area contributed by atoms with E-state index in [0.717, 1.165) is 5.56 Å². The van der Waals surface area contributed by atoms with E-state index in [9.17, 15) is 12.8 Å². The highest BCUT2D eigenvalue weighted by Gasteiger charge is 2.28. The maximum absolute atomic E-state index is 12.8. The molecular weight excluding hydrogens is 241 g/mol. The van der Waals surface area contributed by atoms with Gasteiger partial charge in [-0.15, -0.1) is 0 Å². The maximum atomic E-state index is 12.8. The molecule has 94 valence electrons. The molecule has 2 rings (SSSR count). The lowest BCUT2D eigenvalue weighted by Crippen LogP contribution is -2.32. The molecule has 0 bridgehead atoms. The van der Waals surface area contributed by atoms with Crippen molar-refractivity contribution in [1.29, 1.82) is 0 Å². The zero-order chi connectivity index (χ0) is 12.5. The Morgan fingerprint density at radius 2 is 2.00 bits per heavy atom. The molecule has 0 spiro atoms. The first kappa shape index (κ1) is 12.5. The van der Waals surface area contributed by atoms with Gasteiger partial charge in [0, 0.05) is 12.1 Å². The summed E-state index contributed by atoms with van der Waals surface area (Å²) >= 11 is 0. The van der Waals surface area contributed by atoms with Crippen molar-refractivity contribution in [2.24, 2.45) is 0 Å². The molecule has 1 fully saturated rings. The zero-order valence-corrected chi connectivity index (χ0v) is 10.5. The van der Waals surface area contributed by atoms with Crippen LogP contribution in [0.1, 0.15) is 24.9 Å². The Kier molecular flexibility index (Phi) is 3.49. The molecule has 1 aliphatic rings. The Morgan fingerprint density at radius 1 is 1.35 bits per heavy atom. The van der Waals surface area contributed by atoms with Crippen molar-refractivity contribution in [2.75, 3.05) is 11.5 Å². The quantitative estimate of drug-likeness (QED) is 0.896. The maximum Gasteiger partial charge on any atom is 0.151 e. The molecule has 0 aliphatic carbocycles. The zero-order valence-electron chi connectivity index (χ0n) is 9.69. The van der Waals surface area contributed by atoms with Gasteiger partial charge in [-0.3, -0.25) is 0 Å². The molecule has 0 saturated carbocycles. The number of sulfone groups is 1. The second kappa shape index (κ2) is 4.74. The van der Waals surface area contributed by atoms with Crippen LogP contribution in [0.2, 0.25) is 0 Å². The van der Waals surface area contributed by atoms with E-state index in [1.807, 2.05) is 6.92 Å². The molecule has 1 saturated heterocycles. The first-order chi connectivity index (χ1) is 7.96. The molecule has 1 aromatic rings. The van der Waals surface area contributed by atoms with E-state index in [1.54, 1.807) is 12.1 Å². The van der Waals surface area contributed by atoms with Crippen molar-refractivity contribution in [3.63, 3.8) is 0 Å². The van der Waals surface area contributed by atoms with Gasteiger partial charge in [0.2, 0.25) is 0 Å². The van der Waals surface area contributed by atoms with Gasteiger partial charge in [-0.05, 0) is 31.0 Å². The minimum Gasteiger partial charge on any atom is -0.306 e. The Morgan fingerprint density at radius 3 is 2.53 bits per heavy atom. The van der Waals surface area contributed by atoms with Crippen LogP contribution in [0.15, 0.2) is 24.3 Å². The lowest BCUT2D eigenvalue weighted by molar-refractivity contribution is 0.484. The third kappa shape index (κ3) is 3.26. The summed E-state index contributed by atoms with van der Waals surface area (Å²) in [7, 11) is -2.85. The molecule has 0 amide bonds. The van der Waals surface area contributed by atoms with Crippen molar-refractivity contribution >= 4 is 9.84 Å². The normalized spacial score (nSPS) is 24.7. The van der Waals surface area contributed by atoms with Crippen LogP contribution in [0.25, 0.3) is 0 Å². The lowest BCUT2D eigenvalue weighted by atomic mass is 10.1. The Balaban J connectivity index is 1.98. The average molecular weight is 257 g/mol. The molecule has 5 heteroatoms. The standard InChI is InChI=1S/C12H16FNO2S/c1-9(10-2-4-11(13)5-3-10)14-12-6-7-17(15,16)8-12/h2-5,9,12,14H,6-8H2,1H3/t9-,12?/m1/s1. The second-order valence-electron chi connectivity index (χ2n) is 4.54. The fourth-order valence-electron chi connectivity index (χ4n) is 2.13. The molecule has 1 N–H and O–H groups in total. The van der Waals surface area contributed by atoms with E-state index in [0.29, 0.717) is 6.42 Å². The highest BCUT2D eigenvalue weighted by molar-refractivity contribution is 7.91. The number of halogens is 1. The fraction of sp³-hybridized carbons (Fsp3) is 0.500. The predicted molar refractivity (Wildman–Crippen MR) is 65.0 cm³/mol. The summed E-state index contributed by atoms with van der Waals surface area (Å²) in [5, 5.41) is 3.27. The summed E-state index contributed by atoms with van der Waals surface area (Å²) in [4.78, 5) is 0. The Hall–Kier alpha value is -0.940. The van der Waals surface area contributed by atoms with Crippen molar-refractivity contribution in [3.8, 4) is 0 Å². The highest BCUT2D eigenvalue weighted by Crippen LogP contribution is 2.18. The molecule has 1 unspecified atom stereocenters. The lowest BCUT2D eigenvalue weighted by Gasteiger charge is -2.18. The van der Waals surface area contributed by atoms with Crippen LogP contribution in [0.5, 0.6) is 0 Å². The molecule has 1 heterocycles. The molecule has 1 aliphatic heterocycles. The molecule has 17 heavy (non-hydrogen) atoms. The summed E-state index contributed by atoms with van der Waals surface area (Å²) < 4.78 is 35.4. The minimum atomic E-state index is -2.85. The number of hydrogen-bond donors (Lipinski definition) is 1. The van der Waals surface area contributed by atoms with E-state index >= 15 is 0 Å². The highest BCUT2D eigenvalue weighted by atomic mass is 32.2. The summed E-state index contributed by atoms with van der Waals surface area (Å²) in [6.07, 6.45) is 0.661. The molecule has 1 aromatic carbocycles. The van der Waals surface area contributed by atoms with Crippen LogP contribution in [-0.4, -0.2) is 26.0 Å². The molecule has 0 radical (unpaired) electrons. The smallest absolute Gasteiger partial charge is 0.151 e. The van der Waals surface area contributed by atoms with Gasteiger partial charge in [0.05, 0.1) is 11.5 Å². The van der Waals surface area contributed by atoms with Gasteiger partial charge in [0.25, 0.3) is 0 Å². The van der Waals surface area contributed by atoms with Crippen molar-refractivity contribution in [1.82, 2.24) is 5.32 Å². The van der Waals surface area contributed by atoms with Crippen LogP contribution in [0.4, 0.5) is 4.39 Å². The van der Waals surface area contributed by atoms with Crippen molar-refractivity contribution in [3.05, 3.63) is 35.6 Å². The van der Waals surface area contributed by atoms with Crippen molar-refractivity contribution < 1.29 is 12.8 Å². The van der Waals surface area contributed by atoms with Crippen LogP contribution in [0.3, 0.4) is 0 Å².